The van der Waals surface area contributed by atoms with E-state index < -0.39 is 0 Å². The van der Waals surface area contributed by atoms with Crippen molar-refractivity contribution in [1.29, 1.82) is 0 Å². The summed E-state index contributed by atoms with van der Waals surface area (Å²) in [5.41, 5.74) is 1.91. The minimum Gasteiger partial charge on any atom is -0.390 e. The maximum Gasteiger partial charge on any atom is 0.0739 e. The van der Waals surface area contributed by atoms with E-state index in [0.29, 0.717) is 5.92 Å². The van der Waals surface area contributed by atoms with Crippen molar-refractivity contribution >= 4 is 15.9 Å². The summed E-state index contributed by atoms with van der Waals surface area (Å²) in [5.74, 6) is 0.457. The fourth-order valence-corrected chi connectivity index (χ4v) is 4.31. The lowest BCUT2D eigenvalue weighted by Crippen LogP contribution is -2.53. The second-order valence-electron chi connectivity index (χ2n) is 6.50. The zero-order chi connectivity index (χ0) is 14.3. The van der Waals surface area contributed by atoms with Gasteiger partial charge >= 0.3 is 0 Å². The van der Waals surface area contributed by atoms with Crippen molar-refractivity contribution in [3.8, 4) is 0 Å². The maximum absolute atomic E-state index is 10.7. The predicted molar refractivity (Wildman–Crippen MR) is 82.4 cm³/mol. The third-order valence-corrected chi connectivity index (χ3v) is 6.18. The molecule has 1 N–H and O–H groups in total. The Labute approximate surface area is 129 Å². The molecule has 2 atom stereocenters. The summed E-state index contributed by atoms with van der Waals surface area (Å²) in [6, 6.07) is 0. The van der Waals surface area contributed by atoms with Crippen LogP contribution in [-0.2, 0) is 13.6 Å². The average molecular weight is 342 g/mol. The first-order valence-electron chi connectivity index (χ1n) is 7.62. The lowest BCUT2D eigenvalue weighted by molar-refractivity contribution is -0.0971. The molecule has 1 saturated carbocycles. The van der Waals surface area contributed by atoms with Gasteiger partial charge in [0.1, 0.15) is 0 Å². The van der Waals surface area contributed by atoms with Crippen LogP contribution in [-0.4, -0.2) is 38.5 Å². The van der Waals surface area contributed by atoms with Gasteiger partial charge in [-0.2, -0.15) is 5.10 Å². The molecular weight excluding hydrogens is 318 g/mol. The number of hydrogen-bond acceptors (Lipinski definition) is 3. The zero-order valence-electron chi connectivity index (χ0n) is 12.4. The molecule has 0 bridgehead atoms. The third-order valence-electron chi connectivity index (χ3n) is 5.15. The minimum absolute atomic E-state index is 0.381. The number of fused-ring (bicyclic) bond motifs is 1. The second-order valence-corrected chi connectivity index (χ2v) is 7.29. The van der Waals surface area contributed by atoms with E-state index in [1.165, 1.54) is 25.0 Å². The van der Waals surface area contributed by atoms with Gasteiger partial charge in [0, 0.05) is 32.6 Å². The van der Waals surface area contributed by atoms with Crippen LogP contribution in [0.1, 0.15) is 43.5 Å². The highest BCUT2D eigenvalue weighted by Gasteiger charge is 2.42. The van der Waals surface area contributed by atoms with Crippen molar-refractivity contribution in [2.24, 2.45) is 13.0 Å². The Morgan fingerprint density at radius 2 is 2.20 bits per heavy atom. The molecule has 20 heavy (non-hydrogen) atoms. The summed E-state index contributed by atoms with van der Waals surface area (Å²) in [6.07, 6.45) is 5.57. The standard InChI is InChI=1S/C15H24BrN3O/c1-11-14(16)13(18(2)17-11)10-19-8-7-15(20)6-4-3-5-12(15)9-19/h12,20H,3-10H2,1-2H3. The van der Waals surface area contributed by atoms with E-state index in [1.54, 1.807) is 0 Å². The number of nitrogens with zero attached hydrogens (tertiary/aromatic N) is 3. The van der Waals surface area contributed by atoms with Crippen LogP contribution >= 0.6 is 15.9 Å². The van der Waals surface area contributed by atoms with E-state index in [1.807, 2.05) is 18.7 Å². The number of aromatic nitrogens is 2. The number of piperidine rings is 1. The van der Waals surface area contributed by atoms with Gasteiger partial charge in [-0.25, -0.2) is 0 Å². The van der Waals surface area contributed by atoms with Gasteiger partial charge in [-0.15, -0.1) is 0 Å². The summed E-state index contributed by atoms with van der Waals surface area (Å²) in [6.45, 7) is 4.96. The minimum atomic E-state index is -0.381. The van der Waals surface area contributed by atoms with E-state index in [9.17, 15) is 5.11 Å². The first kappa shape index (κ1) is 14.5. The lowest BCUT2D eigenvalue weighted by atomic mass is 9.71. The van der Waals surface area contributed by atoms with Crippen molar-refractivity contribution in [3.05, 3.63) is 15.9 Å². The third kappa shape index (κ3) is 2.55. The Hall–Kier alpha value is -0.390. The highest BCUT2D eigenvalue weighted by molar-refractivity contribution is 9.10. The van der Waals surface area contributed by atoms with Crippen molar-refractivity contribution in [2.45, 2.75) is 51.2 Å². The van der Waals surface area contributed by atoms with Crippen molar-refractivity contribution in [2.75, 3.05) is 13.1 Å². The molecule has 5 heteroatoms. The number of aliphatic hydroxyl groups is 1. The van der Waals surface area contributed by atoms with Gasteiger partial charge in [-0.1, -0.05) is 12.8 Å². The zero-order valence-corrected chi connectivity index (χ0v) is 14.0. The molecule has 2 heterocycles. The molecule has 0 amide bonds. The topological polar surface area (TPSA) is 41.3 Å². The second kappa shape index (κ2) is 5.43. The summed E-state index contributed by atoms with van der Waals surface area (Å²) in [5, 5.41) is 15.2. The summed E-state index contributed by atoms with van der Waals surface area (Å²) < 4.78 is 3.10. The summed E-state index contributed by atoms with van der Waals surface area (Å²) >= 11 is 3.65. The molecule has 0 spiro atoms. The Morgan fingerprint density at radius 3 is 2.90 bits per heavy atom. The smallest absolute Gasteiger partial charge is 0.0739 e. The SMILES string of the molecule is Cc1nn(C)c(CN2CCC3(O)CCCCC3C2)c1Br. The number of rotatable bonds is 2. The van der Waals surface area contributed by atoms with Crippen molar-refractivity contribution < 1.29 is 5.11 Å². The number of aryl methyl sites for hydroxylation is 2. The molecule has 1 saturated heterocycles. The van der Waals surface area contributed by atoms with Crippen LogP contribution < -0.4 is 0 Å². The highest BCUT2D eigenvalue weighted by Crippen LogP contribution is 2.40. The van der Waals surface area contributed by atoms with Crippen molar-refractivity contribution in [3.63, 3.8) is 0 Å². The molecule has 1 aliphatic carbocycles. The van der Waals surface area contributed by atoms with Crippen LogP contribution in [0.15, 0.2) is 4.47 Å². The molecule has 112 valence electrons. The molecule has 1 aliphatic heterocycles. The van der Waals surface area contributed by atoms with Gasteiger partial charge in [-0.3, -0.25) is 9.58 Å². The molecule has 0 radical (unpaired) electrons. The molecule has 2 aliphatic rings. The fourth-order valence-electron chi connectivity index (χ4n) is 3.85. The molecule has 1 aromatic rings. The number of likely N-dealkylation sites (tertiary alicyclic amines) is 1. The first-order chi connectivity index (χ1) is 9.49. The van der Waals surface area contributed by atoms with Crippen LogP contribution in [0.25, 0.3) is 0 Å². The van der Waals surface area contributed by atoms with E-state index in [0.717, 1.165) is 42.6 Å². The molecule has 0 aromatic carbocycles. The Bertz CT molecular complexity index is 502. The van der Waals surface area contributed by atoms with Crippen LogP contribution in [0, 0.1) is 12.8 Å². The van der Waals surface area contributed by atoms with E-state index in [2.05, 4.69) is 25.9 Å². The number of hydrogen-bond donors (Lipinski definition) is 1. The number of halogens is 1. The van der Waals surface area contributed by atoms with Gasteiger partial charge in [0.05, 0.1) is 21.5 Å². The Morgan fingerprint density at radius 1 is 1.40 bits per heavy atom. The Kier molecular flexibility index (Phi) is 3.95. The van der Waals surface area contributed by atoms with Crippen LogP contribution in [0.5, 0.6) is 0 Å². The van der Waals surface area contributed by atoms with Gasteiger partial charge in [-0.05, 0) is 42.1 Å². The highest BCUT2D eigenvalue weighted by atomic mass is 79.9. The normalized spacial score (nSPS) is 31.3. The first-order valence-corrected chi connectivity index (χ1v) is 8.41. The van der Waals surface area contributed by atoms with Crippen LogP contribution in [0.4, 0.5) is 0 Å². The molecule has 2 unspecified atom stereocenters. The monoisotopic (exact) mass is 341 g/mol. The molecule has 1 aromatic heterocycles. The summed E-state index contributed by atoms with van der Waals surface area (Å²) in [7, 11) is 2.01. The van der Waals surface area contributed by atoms with Gasteiger partial charge < -0.3 is 5.11 Å². The molecular formula is C15H24BrN3O. The maximum atomic E-state index is 10.7. The predicted octanol–water partition coefficient (Wildman–Crippen LogP) is 2.62. The van der Waals surface area contributed by atoms with Gasteiger partial charge in [0.25, 0.3) is 0 Å². The average Bonchev–Trinajstić information content (AvgIpc) is 2.65. The molecule has 2 fully saturated rings. The van der Waals surface area contributed by atoms with Gasteiger partial charge in [0.15, 0.2) is 0 Å². The van der Waals surface area contributed by atoms with E-state index >= 15 is 0 Å². The molecule has 4 nitrogen and oxygen atoms in total. The fraction of sp³-hybridized carbons (Fsp3) is 0.800. The summed E-state index contributed by atoms with van der Waals surface area (Å²) in [4.78, 5) is 2.48. The molecule has 3 rings (SSSR count). The van der Waals surface area contributed by atoms with Crippen LogP contribution in [0.2, 0.25) is 0 Å². The van der Waals surface area contributed by atoms with Crippen molar-refractivity contribution in [1.82, 2.24) is 14.7 Å². The quantitative estimate of drug-likeness (QED) is 0.898. The van der Waals surface area contributed by atoms with E-state index in [4.69, 9.17) is 0 Å². The van der Waals surface area contributed by atoms with Crippen LogP contribution in [0.3, 0.4) is 0 Å². The van der Waals surface area contributed by atoms with Gasteiger partial charge in [0.2, 0.25) is 0 Å². The largest absolute Gasteiger partial charge is 0.390 e. The Balaban J connectivity index is 1.71. The lowest BCUT2D eigenvalue weighted by Gasteiger charge is -2.47. The van der Waals surface area contributed by atoms with E-state index in [-0.39, 0.29) is 5.60 Å².